The topological polar surface area (TPSA) is 26.0 Å². The Kier molecular flexibility index (Phi) is 4.75. The first kappa shape index (κ1) is 15.6. The second-order valence-electron chi connectivity index (χ2n) is 7.36. The standard InChI is InChI=1S/C19H28BrN/c1-12-10-18(20)13(2)9-17(12)19(21)16-8-7-14-5-3-4-6-15(14)11-16/h9-10,14-16,19H,3-8,11,21H2,1-2H3. The van der Waals surface area contributed by atoms with E-state index in [4.69, 9.17) is 5.73 Å². The van der Waals surface area contributed by atoms with Crippen LogP contribution in [0.3, 0.4) is 0 Å². The van der Waals surface area contributed by atoms with Crippen LogP contribution >= 0.6 is 15.9 Å². The molecule has 0 spiro atoms. The summed E-state index contributed by atoms with van der Waals surface area (Å²) < 4.78 is 1.20. The van der Waals surface area contributed by atoms with E-state index >= 15 is 0 Å². The van der Waals surface area contributed by atoms with Crippen molar-refractivity contribution in [2.45, 2.75) is 64.8 Å². The highest BCUT2D eigenvalue weighted by atomic mass is 79.9. The van der Waals surface area contributed by atoms with Gasteiger partial charge in [-0.2, -0.15) is 0 Å². The second-order valence-corrected chi connectivity index (χ2v) is 8.22. The monoisotopic (exact) mass is 349 g/mol. The summed E-state index contributed by atoms with van der Waals surface area (Å²) in [4.78, 5) is 0. The predicted molar refractivity (Wildman–Crippen MR) is 93.3 cm³/mol. The number of aryl methyl sites for hydroxylation is 2. The Morgan fingerprint density at radius 3 is 2.48 bits per heavy atom. The molecule has 2 aliphatic carbocycles. The van der Waals surface area contributed by atoms with Crippen LogP contribution in [-0.4, -0.2) is 0 Å². The average molecular weight is 350 g/mol. The summed E-state index contributed by atoms with van der Waals surface area (Å²) in [5, 5.41) is 0. The Bertz CT molecular complexity index is 511. The maximum absolute atomic E-state index is 6.70. The van der Waals surface area contributed by atoms with Gasteiger partial charge in [0.25, 0.3) is 0 Å². The largest absolute Gasteiger partial charge is 0.324 e. The van der Waals surface area contributed by atoms with E-state index in [1.54, 1.807) is 0 Å². The third kappa shape index (κ3) is 3.22. The second kappa shape index (κ2) is 6.42. The fraction of sp³-hybridized carbons (Fsp3) is 0.684. The van der Waals surface area contributed by atoms with Crippen molar-refractivity contribution in [3.63, 3.8) is 0 Å². The minimum atomic E-state index is 0.222. The Hall–Kier alpha value is -0.340. The summed E-state index contributed by atoms with van der Waals surface area (Å²) in [5.74, 6) is 2.65. The highest BCUT2D eigenvalue weighted by Gasteiger charge is 2.35. The average Bonchev–Trinajstić information content (AvgIpc) is 2.50. The molecule has 1 nitrogen and oxygen atoms in total. The van der Waals surface area contributed by atoms with E-state index in [0.29, 0.717) is 5.92 Å². The van der Waals surface area contributed by atoms with Gasteiger partial charge in [0.15, 0.2) is 0 Å². The molecule has 1 aromatic carbocycles. The van der Waals surface area contributed by atoms with Gasteiger partial charge in [-0.15, -0.1) is 0 Å². The Morgan fingerprint density at radius 2 is 1.71 bits per heavy atom. The van der Waals surface area contributed by atoms with Crippen LogP contribution in [-0.2, 0) is 0 Å². The summed E-state index contributed by atoms with van der Waals surface area (Å²) in [5.41, 5.74) is 10.7. The van der Waals surface area contributed by atoms with Gasteiger partial charge in [0.1, 0.15) is 0 Å². The predicted octanol–water partition coefficient (Wildman–Crippen LogP) is 5.67. The maximum atomic E-state index is 6.70. The molecule has 0 saturated heterocycles. The molecule has 0 amide bonds. The van der Waals surface area contributed by atoms with Crippen molar-refractivity contribution in [1.82, 2.24) is 0 Å². The fourth-order valence-electron chi connectivity index (χ4n) is 4.65. The number of nitrogens with two attached hydrogens (primary N) is 1. The van der Waals surface area contributed by atoms with Crippen LogP contribution in [0.2, 0.25) is 0 Å². The van der Waals surface area contributed by atoms with Gasteiger partial charge in [-0.05, 0) is 73.6 Å². The molecule has 0 heterocycles. The molecule has 2 fully saturated rings. The van der Waals surface area contributed by atoms with E-state index in [1.165, 1.54) is 66.1 Å². The molecule has 3 rings (SSSR count). The zero-order chi connectivity index (χ0) is 15.0. The quantitative estimate of drug-likeness (QED) is 0.730. The molecule has 0 radical (unpaired) electrons. The van der Waals surface area contributed by atoms with Crippen LogP contribution in [0.25, 0.3) is 0 Å². The van der Waals surface area contributed by atoms with Gasteiger partial charge in [-0.1, -0.05) is 47.7 Å². The summed E-state index contributed by atoms with van der Waals surface area (Å²) in [7, 11) is 0. The molecule has 0 aromatic heterocycles. The molecule has 1 aromatic rings. The van der Waals surface area contributed by atoms with Crippen molar-refractivity contribution in [1.29, 1.82) is 0 Å². The summed E-state index contributed by atoms with van der Waals surface area (Å²) in [6, 6.07) is 4.76. The normalized spacial score (nSPS) is 30.8. The fourth-order valence-corrected chi connectivity index (χ4v) is 5.11. The summed E-state index contributed by atoms with van der Waals surface area (Å²) in [6.07, 6.45) is 9.94. The zero-order valence-electron chi connectivity index (χ0n) is 13.4. The van der Waals surface area contributed by atoms with Crippen LogP contribution in [0.5, 0.6) is 0 Å². The van der Waals surface area contributed by atoms with Crippen LogP contribution in [0, 0.1) is 31.6 Å². The first-order chi connectivity index (χ1) is 10.1. The number of benzene rings is 1. The molecule has 21 heavy (non-hydrogen) atoms. The van der Waals surface area contributed by atoms with Crippen LogP contribution in [0.15, 0.2) is 16.6 Å². The molecule has 0 bridgehead atoms. The minimum absolute atomic E-state index is 0.222. The number of hydrogen-bond donors (Lipinski definition) is 1. The number of fused-ring (bicyclic) bond motifs is 1. The van der Waals surface area contributed by atoms with Gasteiger partial charge in [-0.25, -0.2) is 0 Å². The van der Waals surface area contributed by atoms with Crippen molar-refractivity contribution in [2.24, 2.45) is 23.5 Å². The highest BCUT2D eigenvalue weighted by Crippen LogP contribution is 2.46. The lowest BCUT2D eigenvalue weighted by molar-refractivity contribution is 0.117. The smallest absolute Gasteiger partial charge is 0.0326 e. The minimum Gasteiger partial charge on any atom is -0.324 e. The van der Waals surface area contributed by atoms with Gasteiger partial charge in [0.2, 0.25) is 0 Å². The van der Waals surface area contributed by atoms with E-state index in [2.05, 4.69) is 41.9 Å². The molecule has 116 valence electrons. The molecule has 2 N–H and O–H groups in total. The van der Waals surface area contributed by atoms with Crippen molar-refractivity contribution < 1.29 is 0 Å². The van der Waals surface area contributed by atoms with Crippen molar-refractivity contribution in [3.8, 4) is 0 Å². The van der Waals surface area contributed by atoms with Crippen LogP contribution in [0.1, 0.15) is 67.7 Å². The molecule has 4 atom stereocenters. The number of halogens is 1. The summed E-state index contributed by atoms with van der Waals surface area (Å²) in [6.45, 7) is 4.36. The first-order valence-electron chi connectivity index (χ1n) is 8.58. The first-order valence-corrected chi connectivity index (χ1v) is 9.37. The third-order valence-corrected chi connectivity index (χ3v) is 6.85. The number of hydrogen-bond acceptors (Lipinski definition) is 1. The molecular weight excluding hydrogens is 322 g/mol. The maximum Gasteiger partial charge on any atom is 0.0326 e. The van der Waals surface area contributed by atoms with Crippen molar-refractivity contribution >= 4 is 15.9 Å². The van der Waals surface area contributed by atoms with Gasteiger partial charge >= 0.3 is 0 Å². The van der Waals surface area contributed by atoms with Gasteiger partial charge in [0, 0.05) is 10.5 Å². The molecule has 2 saturated carbocycles. The Labute approximate surface area is 137 Å². The van der Waals surface area contributed by atoms with E-state index < -0.39 is 0 Å². The SMILES string of the molecule is Cc1cc(C(N)C2CCC3CCCCC3C2)c(C)cc1Br. The molecular formula is C19H28BrN. The molecule has 2 aliphatic rings. The lowest BCUT2D eigenvalue weighted by Crippen LogP contribution is -2.33. The van der Waals surface area contributed by atoms with Crippen LogP contribution in [0.4, 0.5) is 0 Å². The van der Waals surface area contributed by atoms with Gasteiger partial charge < -0.3 is 5.73 Å². The van der Waals surface area contributed by atoms with Gasteiger partial charge in [0.05, 0.1) is 0 Å². The molecule has 4 unspecified atom stereocenters. The van der Waals surface area contributed by atoms with Crippen molar-refractivity contribution in [2.75, 3.05) is 0 Å². The third-order valence-electron chi connectivity index (χ3n) is 5.99. The number of rotatable bonds is 2. The Balaban J connectivity index is 1.76. The van der Waals surface area contributed by atoms with E-state index in [9.17, 15) is 0 Å². The van der Waals surface area contributed by atoms with Gasteiger partial charge in [-0.3, -0.25) is 0 Å². The van der Waals surface area contributed by atoms with E-state index in [0.717, 1.165) is 11.8 Å². The lowest BCUT2D eigenvalue weighted by Gasteiger charge is -2.41. The van der Waals surface area contributed by atoms with E-state index in [-0.39, 0.29) is 6.04 Å². The summed E-state index contributed by atoms with van der Waals surface area (Å²) >= 11 is 3.63. The highest BCUT2D eigenvalue weighted by molar-refractivity contribution is 9.10. The van der Waals surface area contributed by atoms with Crippen molar-refractivity contribution in [3.05, 3.63) is 33.3 Å². The lowest BCUT2D eigenvalue weighted by atomic mass is 9.65. The van der Waals surface area contributed by atoms with E-state index in [1.807, 2.05) is 0 Å². The zero-order valence-corrected chi connectivity index (χ0v) is 15.0. The van der Waals surface area contributed by atoms with Crippen LogP contribution < -0.4 is 5.73 Å². The Morgan fingerprint density at radius 1 is 1.00 bits per heavy atom. The molecule has 2 heteroatoms. The molecule has 0 aliphatic heterocycles.